The van der Waals surface area contributed by atoms with Gasteiger partial charge in [-0.2, -0.15) is 0 Å². The van der Waals surface area contributed by atoms with Crippen LogP contribution in [0.2, 0.25) is 0 Å². The summed E-state index contributed by atoms with van der Waals surface area (Å²) in [6.45, 7) is 10.6. The molecule has 1 fully saturated rings. The molecular weight excluding hydrogens is 314 g/mol. The van der Waals surface area contributed by atoms with Crippen LogP contribution in [0.5, 0.6) is 0 Å². The summed E-state index contributed by atoms with van der Waals surface area (Å²) in [5, 5.41) is 0.956. The number of rotatable bonds is 2. The van der Waals surface area contributed by atoms with Gasteiger partial charge >= 0.3 is 6.09 Å². The smallest absolute Gasteiger partial charge is 0.410 e. The zero-order chi connectivity index (χ0) is 17.0. The topological polar surface area (TPSA) is 84.0 Å². The molecule has 0 saturated carbocycles. The second-order valence-corrected chi connectivity index (χ2v) is 7.81. The first-order valence-corrected chi connectivity index (χ1v) is 8.50. The zero-order valence-electron chi connectivity index (χ0n) is 14.2. The molecule has 1 aromatic heterocycles. The first kappa shape index (κ1) is 17.5. The molecule has 2 rings (SSSR count). The Hall–Kier alpha value is -1.83. The molecular formula is C15H25N5O2S. The number of hydrogen-bond donors (Lipinski definition) is 1. The van der Waals surface area contributed by atoms with Crippen LogP contribution in [0, 0.1) is 6.92 Å². The number of guanidine groups is 1. The Morgan fingerprint density at radius 2 is 1.96 bits per heavy atom. The Bertz CT molecular complexity index is 571. The Labute approximate surface area is 141 Å². The van der Waals surface area contributed by atoms with Crippen LogP contribution in [-0.2, 0) is 11.3 Å². The third kappa shape index (κ3) is 5.38. The van der Waals surface area contributed by atoms with E-state index >= 15 is 0 Å². The number of ether oxygens (including phenoxy) is 1. The van der Waals surface area contributed by atoms with Crippen LogP contribution in [-0.4, -0.2) is 58.6 Å². The van der Waals surface area contributed by atoms with Gasteiger partial charge in [-0.15, -0.1) is 11.3 Å². The van der Waals surface area contributed by atoms with Crippen LogP contribution in [0.3, 0.4) is 0 Å². The largest absolute Gasteiger partial charge is 0.444 e. The standard InChI is InChI=1S/C15H25N5O2S/c1-11-9-17-12(23-11)10-18-13(16)19-5-7-20(8-6-19)14(21)22-15(2,3)4/h9H,5-8,10H2,1-4H3,(H2,16,18). The fourth-order valence-corrected chi connectivity index (χ4v) is 2.88. The second-order valence-electron chi connectivity index (χ2n) is 6.49. The molecule has 0 bridgehead atoms. The van der Waals surface area contributed by atoms with E-state index < -0.39 is 5.60 Å². The Morgan fingerprint density at radius 3 is 2.48 bits per heavy atom. The van der Waals surface area contributed by atoms with Crippen molar-refractivity contribution in [3.8, 4) is 0 Å². The highest BCUT2D eigenvalue weighted by Gasteiger charge is 2.26. The third-order valence-corrected chi connectivity index (χ3v) is 4.20. The average Bonchev–Trinajstić information content (AvgIpc) is 2.89. The van der Waals surface area contributed by atoms with Crippen LogP contribution >= 0.6 is 11.3 Å². The van der Waals surface area contributed by atoms with Crippen molar-refractivity contribution in [3.63, 3.8) is 0 Å². The lowest BCUT2D eigenvalue weighted by atomic mass is 10.2. The van der Waals surface area contributed by atoms with Crippen LogP contribution in [0.1, 0.15) is 30.7 Å². The van der Waals surface area contributed by atoms with Gasteiger partial charge in [0.2, 0.25) is 0 Å². The Morgan fingerprint density at radius 1 is 1.35 bits per heavy atom. The van der Waals surface area contributed by atoms with Gasteiger partial charge in [-0.1, -0.05) is 0 Å². The van der Waals surface area contributed by atoms with Gasteiger partial charge in [0.05, 0.1) is 6.54 Å². The summed E-state index contributed by atoms with van der Waals surface area (Å²) >= 11 is 1.62. The van der Waals surface area contributed by atoms with E-state index in [0.29, 0.717) is 38.7 Å². The molecule has 0 radical (unpaired) electrons. The SMILES string of the molecule is Cc1cnc(CN=C(N)N2CCN(C(=O)OC(C)(C)C)CC2)s1. The highest BCUT2D eigenvalue weighted by molar-refractivity contribution is 7.11. The summed E-state index contributed by atoms with van der Waals surface area (Å²) < 4.78 is 5.38. The number of carbonyl (C=O) groups is 1. The summed E-state index contributed by atoms with van der Waals surface area (Å²) in [4.78, 5) is 25.5. The van der Waals surface area contributed by atoms with E-state index in [1.165, 1.54) is 4.88 Å². The number of carbonyl (C=O) groups excluding carboxylic acids is 1. The number of piperazine rings is 1. The van der Waals surface area contributed by atoms with E-state index in [1.807, 2.05) is 38.8 Å². The summed E-state index contributed by atoms with van der Waals surface area (Å²) in [6.07, 6.45) is 1.57. The fourth-order valence-electron chi connectivity index (χ4n) is 2.17. The minimum atomic E-state index is -0.472. The highest BCUT2D eigenvalue weighted by Crippen LogP contribution is 2.13. The lowest BCUT2D eigenvalue weighted by Crippen LogP contribution is -2.53. The molecule has 0 aliphatic carbocycles. The van der Waals surface area contributed by atoms with Crippen molar-refractivity contribution in [1.29, 1.82) is 0 Å². The van der Waals surface area contributed by atoms with Gasteiger partial charge in [0.15, 0.2) is 5.96 Å². The van der Waals surface area contributed by atoms with E-state index in [4.69, 9.17) is 10.5 Å². The lowest BCUT2D eigenvalue weighted by Gasteiger charge is -2.36. The predicted octanol–water partition coefficient (Wildman–Crippen LogP) is 1.82. The van der Waals surface area contributed by atoms with Gasteiger partial charge in [0.1, 0.15) is 10.6 Å². The maximum Gasteiger partial charge on any atom is 0.410 e. The molecule has 7 nitrogen and oxygen atoms in total. The van der Waals surface area contributed by atoms with E-state index in [1.54, 1.807) is 16.2 Å². The molecule has 0 aromatic carbocycles. The predicted molar refractivity (Wildman–Crippen MR) is 91.6 cm³/mol. The molecule has 0 unspecified atom stereocenters. The third-order valence-electron chi connectivity index (χ3n) is 3.30. The first-order chi connectivity index (χ1) is 10.7. The van der Waals surface area contributed by atoms with Crippen molar-refractivity contribution in [3.05, 3.63) is 16.1 Å². The number of aromatic nitrogens is 1. The van der Waals surface area contributed by atoms with E-state index in [2.05, 4.69) is 9.98 Å². The molecule has 8 heteroatoms. The molecule has 1 amide bonds. The van der Waals surface area contributed by atoms with Gasteiger partial charge in [-0.25, -0.2) is 14.8 Å². The quantitative estimate of drug-likeness (QED) is 0.656. The summed E-state index contributed by atoms with van der Waals surface area (Å²) in [6, 6.07) is 0. The second kappa shape index (κ2) is 7.16. The number of nitrogens with two attached hydrogens (primary N) is 1. The normalized spacial score (nSPS) is 16.6. The lowest BCUT2D eigenvalue weighted by molar-refractivity contribution is 0.0186. The first-order valence-electron chi connectivity index (χ1n) is 7.69. The number of aryl methyl sites for hydroxylation is 1. The molecule has 23 heavy (non-hydrogen) atoms. The summed E-state index contributed by atoms with van der Waals surface area (Å²) in [5.74, 6) is 0.502. The van der Waals surface area contributed by atoms with Crippen LogP contribution in [0.25, 0.3) is 0 Å². The molecule has 1 saturated heterocycles. The van der Waals surface area contributed by atoms with Crippen molar-refractivity contribution in [2.45, 2.75) is 39.8 Å². The molecule has 1 aliphatic heterocycles. The van der Waals surface area contributed by atoms with Crippen molar-refractivity contribution in [1.82, 2.24) is 14.8 Å². The molecule has 0 spiro atoms. The zero-order valence-corrected chi connectivity index (χ0v) is 15.0. The van der Waals surface area contributed by atoms with Gasteiger partial charge in [0, 0.05) is 37.3 Å². The van der Waals surface area contributed by atoms with Crippen LogP contribution in [0.15, 0.2) is 11.2 Å². The maximum absolute atomic E-state index is 12.0. The number of nitrogens with zero attached hydrogens (tertiary/aromatic N) is 4. The molecule has 1 aromatic rings. The average molecular weight is 339 g/mol. The minimum Gasteiger partial charge on any atom is -0.444 e. The van der Waals surface area contributed by atoms with Crippen molar-refractivity contribution < 1.29 is 9.53 Å². The minimum absolute atomic E-state index is 0.272. The molecule has 128 valence electrons. The number of thiazole rings is 1. The maximum atomic E-state index is 12.0. The molecule has 1 aliphatic rings. The van der Waals surface area contributed by atoms with Gasteiger partial charge < -0.3 is 20.3 Å². The highest BCUT2D eigenvalue weighted by atomic mass is 32.1. The number of hydrogen-bond acceptors (Lipinski definition) is 5. The van der Waals surface area contributed by atoms with Gasteiger partial charge in [-0.3, -0.25) is 0 Å². The number of amides is 1. The monoisotopic (exact) mass is 339 g/mol. The van der Waals surface area contributed by atoms with E-state index in [9.17, 15) is 4.79 Å². The Balaban J connectivity index is 1.82. The number of aliphatic imine (C=N–C) groups is 1. The molecule has 0 atom stereocenters. The summed E-state index contributed by atoms with van der Waals surface area (Å²) in [5.41, 5.74) is 5.57. The van der Waals surface area contributed by atoms with Crippen molar-refractivity contribution >= 4 is 23.4 Å². The summed E-state index contributed by atoms with van der Waals surface area (Å²) in [7, 11) is 0. The van der Waals surface area contributed by atoms with E-state index in [-0.39, 0.29) is 6.09 Å². The van der Waals surface area contributed by atoms with Gasteiger partial charge in [-0.05, 0) is 27.7 Å². The van der Waals surface area contributed by atoms with Crippen LogP contribution in [0.4, 0.5) is 4.79 Å². The fraction of sp³-hybridized carbons (Fsp3) is 0.667. The van der Waals surface area contributed by atoms with Crippen molar-refractivity contribution in [2.24, 2.45) is 10.7 Å². The van der Waals surface area contributed by atoms with Gasteiger partial charge in [0.25, 0.3) is 0 Å². The van der Waals surface area contributed by atoms with E-state index in [0.717, 1.165) is 5.01 Å². The molecule has 2 N–H and O–H groups in total. The van der Waals surface area contributed by atoms with Crippen LogP contribution < -0.4 is 5.73 Å². The van der Waals surface area contributed by atoms with Crippen molar-refractivity contribution in [2.75, 3.05) is 26.2 Å². The molecule has 2 heterocycles. The Kier molecular flexibility index (Phi) is 5.46.